The number of aromatic nitrogens is 1. The third-order valence-electron chi connectivity index (χ3n) is 2.53. The molecule has 0 aliphatic rings. The van der Waals surface area contributed by atoms with Crippen LogP contribution in [0.5, 0.6) is 0 Å². The molecule has 0 saturated heterocycles. The summed E-state index contributed by atoms with van der Waals surface area (Å²) in [4.78, 5) is 6.20. The van der Waals surface area contributed by atoms with Crippen molar-refractivity contribution in [1.29, 1.82) is 0 Å². The van der Waals surface area contributed by atoms with E-state index in [1.54, 1.807) is 12.3 Å². The van der Waals surface area contributed by atoms with E-state index in [4.69, 9.17) is 5.73 Å². The number of nitrogens with two attached hydrogens (primary N) is 1. The van der Waals surface area contributed by atoms with Crippen LogP contribution in [0.15, 0.2) is 30.5 Å². The molecule has 0 atom stereocenters. The summed E-state index contributed by atoms with van der Waals surface area (Å²) in [5.41, 5.74) is 5.50. The monoisotopic (exact) mass is 219 g/mol. The van der Waals surface area contributed by atoms with Gasteiger partial charge in [-0.3, -0.25) is 0 Å². The van der Waals surface area contributed by atoms with Crippen molar-refractivity contribution in [2.75, 3.05) is 25.0 Å². The van der Waals surface area contributed by atoms with Gasteiger partial charge in [0.15, 0.2) is 0 Å². The lowest BCUT2D eigenvalue weighted by molar-refractivity contribution is 0.629. The maximum atomic E-state index is 13.2. The Kier molecular flexibility index (Phi) is 3.01. The van der Waals surface area contributed by atoms with Crippen molar-refractivity contribution in [3.63, 3.8) is 0 Å². The fourth-order valence-electron chi connectivity index (χ4n) is 1.73. The summed E-state index contributed by atoms with van der Waals surface area (Å²) in [6.45, 7) is 1.24. The molecule has 84 valence electrons. The number of likely N-dealkylation sites (N-methyl/N-ethyl adjacent to an activating group) is 1. The van der Waals surface area contributed by atoms with Crippen LogP contribution in [0, 0.1) is 5.82 Å². The molecule has 2 rings (SSSR count). The lowest BCUT2D eigenvalue weighted by atomic mass is 10.1. The van der Waals surface area contributed by atoms with Crippen LogP contribution in [0.25, 0.3) is 10.8 Å². The van der Waals surface area contributed by atoms with Crippen LogP contribution >= 0.6 is 0 Å². The zero-order chi connectivity index (χ0) is 11.5. The highest BCUT2D eigenvalue weighted by Gasteiger charge is 2.07. The number of rotatable bonds is 3. The van der Waals surface area contributed by atoms with Gasteiger partial charge in [-0.05, 0) is 23.6 Å². The normalized spacial score (nSPS) is 10.7. The molecule has 2 N–H and O–H groups in total. The Morgan fingerprint density at radius 1 is 1.38 bits per heavy atom. The predicted octanol–water partition coefficient (Wildman–Crippen LogP) is 1.77. The summed E-state index contributed by atoms with van der Waals surface area (Å²) in [6, 6.07) is 6.58. The van der Waals surface area contributed by atoms with E-state index in [9.17, 15) is 4.39 Å². The van der Waals surface area contributed by atoms with Crippen molar-refractivity contribution >= 4 is 16.6 Å². The lowest BCUT2D eigenvalue weighted by Gasteiger charge is -2.18. The van der Waals surface area contributed by atoms with Gasteiger partial charge < -0.3 is 10.6 Å². The van der Waals surface area contributed by atoms with E-state index in [-0.39, 0.29) is 5.82 Å². The number of benzene rings is 1. The zero-order valence-corrected chi connectivity index (χ0v) is 9.15. The first kappa shape index (κ1) is 10.8. The van der Waals surface area contributed by atoms with Gasteiger partial charge in [0.05, 0.1) is 0 Å². The van der Waals surface area contributed by atoms with E-state index < -0.39 is 0 Å². The Bertz CT molecular complexity index is 499. The largest absolute Gasteiger partial charge is 0.358 e. The third kappa shape index (κ3) is 1.97. The fraction of sp³-hybridized carbons (Fsp3) is 0.250. The second-order valence-electron chi connectivity index (χ2n) is 3.71. The Morgan fingerprint density at radius 3 is 2.94 bits per heavy atom. The summed E-state index contributed by atoms with van der Waals surface area (Å²) >= 11 is 0. The van der Waals surface area contributed by atoms with Gasteiger partial charge in [-0.15, -0.1) is 0 Å². The lowest BCUT2D eigenvalue weighted by Crippen LogP contribution is -2.25. The average molecular weight is 219 g/mol. The molecule has 1 aromatic heterocycles. The maximum absolute atomic E-state index is 13.2. The second-order valence-corrected chi connectivity index (χ2v) is 3.71. The Labute approximate surface area is 93.7 Å². The molecule has 0 aliphatic carbocycles. The van der Waals surface area contributed by atoms with E-state index in [1.807, 2.05) is 18.0 Å². The molecule has 2 aromatic rings. The number of hydrogen-bond acceptors (Lipinski definition) is 3. The van der Waals surface area contributed by atoms with Gasteiger partial charge >= 0.3 is 0 Å². The molecule has 0 bridgehead atoms. The van der Waals surface area contributed by atoms with Crippen LogP contribution in [0.3, 0.4) is 0 Å². The van der Waals surface area contributed by atoms with Gasteiger partial charge in [-0.2, -0.15) is 0 Å². The Morgan fingerprint density at radius 2 is 2.19 bits per heavy atom. The molecular formula is C12H14FN3. The van der Waals surface area contributed by atoms with Crippen LogP contribution in [0.2, 0.25) is 0 Å². The zero-order valence-electron chi connectivity index (χ0n) is 9.15. The summed E-state index contributed by atoms with van der Waals surface area (Å²) in [5.74, 6) is 0.519. The molecule has 3 nitrogen and oxygen atoms in total. The molecular weight excluding hydrogens is 205 g/mol. The van der Waals surface area contributed by atoms with Crippen LogP contribution < -0.4 is 10.6 Å². The Balaban J connectivity index is 2.55. The smallest absolute Gasteiger partial charge is 0.136 e. The first-order valence-corrected chi connectivity index (χ1v) is 5.18. The SMILES string of the molecule is CN(CCN)c1nccc2ccc(F)cc12. The van der Waals surface area contributed by atoms with Crippen LogP contribution in [-0.2, 0) is 0 Å². The van der Waals surface area contributed by atoms with E-state index in [0.29, 0.717) is 13.1 Å². The van der Waals surface area contributed by atoms with Crippen LogP contribution in [0.4, 0.5) is 10.2 Å². The minimum Gasteiger partial charge on any atom is -0.358 e. The molecule has 4 heteroatoms. The first-order valence-electron chi connectivity index (χ1n) is 5.18. The fourth-order valence-corrected chi connectivity index (χ4v) is 1.73. The Hall–Kier alpha value is -1.68. The molecule has 0 unspecified atom stereocenters. The topological polar surface area (TPSA) is 42.1 Å². The molecule has 1 heterocycles. The quantitative estimate of drug-likeness (QED) is 0.855. The minimum absolute atomic E-state index is 0.247. The van der Waals surface area contributed by atoms with Gasteiger partial charge in [0.2, 0.25) is 0 Å². The highest BCUT2D eigenvalue weighted by atomic mass is 19.1. The van der Waals surface area contributed by atoms with E-state index in [1.165, 1.54) is 12.1 Å². The van der Waals surface area contributed by atoms with Gasteiger partial charge in [0.1, 0.15) is 11.6 Å². The predicted molar refractivity (Wildman–Crippen MR) is 64.0 cm³/mol. The molecule has 0 amide bonds. The number of pyridine rings is 1. The van der Waals surface area contributed by atoms with Gasteiger partial charge in [0, 0.05) is 31.7 Å². The number of fused-ring (bicyclic) bond motifs is 1. The molecule has 0 spiro atoms. The van der Waals surface area contributed by atoms with Gasteiger partial charge in [-0.1, -0.05) is 6.07 Å². The first-order chi connectivity index (χ1) is 7.72. The van der Waals surface area contributed by atoms with Crippen LogP contribution in [0.1, 0.15) is 0 Å². The van der Waals surface area contributed by atoms with E-state index in [0.717, 1.165) is 16.6 Å². The van der Waals surface area contributed by atoms with Gasteiger partial charge in [-0.25, -0.2) is 9.37 Å². The number of halogens is 1. The summed E-state index contributed by atoms with van der Waals surface area (Å²) < 4.78 is 13.2. The van der Waals surface area contributed by atoms with E-state index in [2.05, 4.69) is 4.98 Å². The number of anilines is 1. The van der Waals surface area contributed by atoms with Crippen molar-refractivity contribution in [2.24, 2.45) is 5.73 Å². The summed E-state index contributed by atoms with van der Waals surface area (Å²) in [5, 5.41) is 1.80. The van der Waals surface area contributed by atoms with Crippen molar-refractivity contribution in [3.8, 4) is 0 Å². The average Bonchev–Trinajstić information content (AvgIpc) is 2.28. The second kappa shape index (κ2) is 4.45. The van der Waals surface area contributed by atoms with E-state index >= 15 is 0 Å². The van der Waals surface area contributed by atoms with Crippen molar-refractivity contribution in [2.45, 2.75) is 0 Å². The number of nitrogens with zero attached hydrogens (tertiary/aromatic N) is 2. The molecule has 16 heavy (non-hydrogen) atoms. The minimum atomic E-state index is -0.247. The summed E-state index contributed by atoms with van der Waals surface area (Å²) in [6.07, 6.45) is 1.72. The molecule has 1 aromatic carbocycles. The summed E-state index contributed by atoms with van der Waals surface area (Å²) in [7, 11) is 1.90. The van der Waals surface area contributed by atoms with Crippen molar-refractivity contribution < 1.29 is 4.39 Å². The molecule has 0 aliphatic heterocycles. The standard InChI is InChI=1S/C12H14FN3/c1-16(7-5-14)12-11-8-10(13)3-2-9(11)4-6-15-12/h2-4,6,8H,5,7,14H2,1H3. The van der Waals surface area contributed by atoms with Crippen molar-refractivity contribution in [1.82, 2.24) is 4.98 Å². The number of hydrogen-bond donors (Lipinski definition) is 1. The highest BCUT2D eigenvalue weighted by molar-refractivity contribution is 5.92. The molecule has 0 fully saturated rings. The van der Waals surface area contributed by atoms with Gasteiger partial charge in [0.25, 0.3) is 0 Å². The maximum Gasteiger partial charge on any atom is 0.136 e. The highest BCUT2D eigenvalue weighted by Crippen LogP contribution is 2.23. The van der Waals surface area contributed by atoms with Crippen LogP contribution in [-0.4, -0.2) is 25.1 Å². The van der Waals surface area contributed by atoms with Crippen molar-refractivity contribution in [3.05, 3.63) is 36.3 Å². The third-order valence-corrected chi connectivity index (χ3v) is 2.53. The molecule has 0 radical (unpaired) electrons. The molecule has 0 saturated carbocycles.